The SMILES string of the molecule is C#CCNC(=O)Cc1c(C)nn(C)c1C. The summed E-state index contributed by atoms with van der Waals surface area (Å²) >= 11 is 0. The van der Waals surface area contributed by atoms with E-state index in [1.165, 1.54) is 0 Å². The van der Waals surface area contributed by atoms with Gasteiger partial charge in [0, 0.05) is 18.3 Å². The number of carbonyl (C=O) groups is 1. The van der Waals surface area contributed by atoms with E-state index >= 15 is 0 Å². The largest absolute Gasteiger partial charge is 0.345 e. The normalized spacial score (nSPS) is 9.73. The molecule has 4 nitrogen and oxygen atoms in total. The molecule has 4 heteroatoms. The number of amides is 1. The quantitative estimate of drug-likeness (QED) is 0.723. The Kier molecular flexibility index (Phi) is 3.51. The minimum absolute atomic E-state index is 0.0628. The minimum Gasteiger partial charge on any atom is -0.345 e. The molecule has 0 aliphatic rings. The van der Waals surface area contributed by atoms with E-state index in [1.807, 2.05) is 20.9 Å². The maximum absolute atomic E-state index is 11.4. The summed E-state index contributed by atoms with van der Waals surface area (Å²) in [5.41, 5.74) is 2.89. The summed E-state index contributed by atoms with van der Waals surface area (Å²) in [5, 5.41) is 6.87. The van der Waals surface area contributed by atoms with Crippen molar-refractivity contribution in [2.75, 3.05) is 6.54 Å². The van der Waals surface area contributed by atoms with Crippen molar-refractivity contribution in [2.45, 2.75) is 20.3 Å². The van der Waals surface area contributed by atoms with Crippen LogP contribution in [0.25, 0.3) is 0 Å². The van der Waals surface area contributed by atoms with Crippen molar-refractivity contribution in [1.82, 2.24) is 15.1 Å². The molecule has 0 bridgehead atoms. The van der Waals surface area contributed by atoms with Crippen molar-refractivity contribution >= 4 is 5.91 Å². The number of nitrogens with zero attached hydrogens (tertiary/aromatic N) is 2. The number of hydrogen-bond acceptors (Lipinski definition) is 2. The number of rotatable bonds is 3. The Balaban J connectivity index is 2.73. The first kappa shape index (κ1) is 11.3. The van der Waals surface area contributed by atoms with Crippen molar-refractivity contribution < 1.29 is 4.79 Å². The van der Waals surface area contributed by atoms with E-state index < -0.39 is 0 Å². The molecule has 1 aromatic heterocycles. The third-order valence-electron chi connectivity index (χ3n) is 2.38. The average Bonchev–Trinajstić information content (AvgIpc) is 2.42. The predicted octanol–water partition coefficient (Wildman–Crippen LogP) is 0.329. The van der Waals surface area contributed by atoms with Gasteiger partial charge in [0.25, 0.3) is 0 Å². The predicted molar refractivity (Wildman–Crippen MR) is 58.2 cm³/mol. The lowest BCUT2D eigenvalue weighted by Crippen LogP contribution is -2.25. The molecule has 0 radical (unpaired) electrons. The van der Waals surface area contributed by atoms with E-state index in [2.05, 4.69) is 16.3 Å². The molecule has 0 spiro atoms. The summed E-state index contributed by atoms with van der Waals surface area (Å²) in [6.07, 6.45) is 5.39. The molecule has 1 amide bonds. The van der Waals surface area contributed by atoms with Crippen LogP contribution in [0.15, 0.2) is 0 Å². The molecular formula is C11H15N3O. The molecule has 1 N–H and O–H groups in total. The molecule has 1 aromatic rings. The van der Waals surface area contributed by atoms with Gasteiger partial charge in [-0.15, -0.1) is 6.42 Å². The monoisotopic (exact) mass is 205 g/mol. The van der Waals surface area contributed by atoms with Crippen molar-refractivity contribution in [3.8, 4) is 12.3 Å². The molecule has 0 unspecified atom stereocenters. The van der Waals surface area contributed by atoms with Crippen molar-refractivity contribution in [1.29, 1.82) is 0 Å². The van der Waals surface area contributed by atoms with Crippen LogP contribution in [0.5, 0.6) is 0 Å². The fraction of sp³-hybridized carbons (Fsp3) is 0.455. The Morgan fingerprint density at radius 2 is 2.27 bits per heavy atom. The molecule has 0 aliphatic heterocycles. The van der Waals surface area contributed by atoms with Crippen LogP contribution >= 0.6 is 0 Å². The molecule has 0 saturated heterocycles. The zero-order valence-corrected chi connectivity index (χ0v) is 9.29. The lowest BCUT2D eigenvalue weighted by Gasteiger charge is -2.02. The first-order valence-electron chi connectivity index (χ1n) is 4.75. The van der Waals surface area contributed by atoms with Gasteiger partial charge in [0.1, 0.15) is 0 Å². The Bertz CT molecular complexity index is 412. The van der Waals surface area contributed by atoms with Gasteiger partial charge in [-0.25, -0.2) is 0 Å². The zero-order chi connectivity index (χ0) is 11.4. The smallest absolute Gasteiger partial charge is 0.225 e. The highest BCUT2D eigenvalue weighted by molar-refractivity contribution is 5.79. The summed E-state index contributed by atoms with van der Waals surface area (Å²) in [7, 11) is 1.87. The highest BCUT2D eigenvalue weighted by atomic mass is 16.1. The lowest BCUT2D eigenvalue weighted by molar-refractivity contribution is -0.120. The van der Waals surface area contributed by atoms with Gasteiger partial charge in [-0.1, -0.05) is 5.92 Å². The molecule has 0 fully saturated rings. The van der Waals surface area contributed by atoms with Gasteiger partial charge in [0.15, 0.2) is 0 Å². The van der Waals surface area contributed by atoms with Gasteiger partial charge in [0.05, 0.1) is 18.7 Å². The van der Waals surface area contributed by atoms with Gasteiger partial charge in [-0.2, -0.15) is 5.10 Å². The topological polar surface area (TPSA) is 46.9 Å². The lowest BCUT2D eigenvalue weighted by atomic mass is 10.1. The third kappa shape index (κ3) is 2.59. The molecule has 0 aromatic carbocycles. The van der Waals surface area contributed by atoms with Crippen LogP contribution < -0.4 is 5.32 Å². The molecule has 15 heavy (non-hydrogen) atoms. The van der Waals surface area contributed by atoms with E-state index in [0.717, 1.165) is 17.0 Å². The Morgan fingerprint density at radius 1 is 1.60 bits per heavy atom. The number of aryl methyl sites for hydroxylation is 2. The highest BCUT2D eigenvalue weighted by Gasteiger charge is 2.12. The first-order chi connectivity index (χ1) is 7.06. The summed E-state index contributed by atoms with van der Waals surface area (Å²) < 4.78 is 1.78. The van der Waals surface area contributed by atoms with Crippen LogP contribution in [0.3, 0.4) is 0 Å². The molecule has 0 saturated carbocycles. The molecular weight excluding hydrogens is 190 g/mol. The van der Waals surface area contributed by atoms with Crippen LogP contribution in [0, 0.1) is 26.2 Å². The summed E-state index contributed by atoms with van der Waals surface area (Å²) in [4.78, 5) is 11.4. The second-order valence-electron chi connectivity index (χ2n) is 3.43. The van der Waals surface area contributed by atoms with E-state index in [9.17, 15) is 4.79 Å². The summed E-state index contributed by atoms with van der Waals surface area (Å²) in [6, 6.07) is 0. The summed E-state index contributed by atoms with van der Waals surface area (Å²) in [5.74, 6) is 2.30. The number of hydrogen-bond donors (Lipinski definition) is 1. The van der Waals surface area contributed by atoms with Crippen LogP contribution in [-0.4, -0.2) is 22.2 Å². The fourth-order valence-corrected chi connectivity index (χ4v) is 1.45. The third-order valence-corrected chi connectivity index (χ3v) is 2.38. The van der Waals surface area contributed by atoms with Gasteiger partial charge >= 0.3 is 0 Å². The van der Waals surface area contributed by atoms with Gasteiger partial charge in [-0.05, 0) is 13.8 Å². The van der Waals surface area contributed by atoms with Gasteiger partial charge in [-0.3, -0.25) is 9.48 Å². The summed E-state index contributed by atoms with van der Waals surface area (Å²) in [6.45, 7) is 4.12. The minimum atomic E-state index is -0.0628. The first-order valence-corrected chi connectivity index (χ1v) is 4.75. The number of aromatic nitrogens is 2. The zero-order valence-electron chi connectivity index (χ0n) is 9.29. The maximum atomic E-state index is 11.4. The molecule has 1 heterocycles. The maximum Gasteiger partial charge on any atom is 0.225 e. The standard InChI is InChI=1S/C11H15N3O/c1-5-6-12-11(15)7-10-8(2)13-14(4)9(10)3/h1H,6-7H2,2-4H3,(H,12,15). The second-order valence-corrected chi connectivity index (χ2v) is 3.43. The van der Waals surface area contributed by atoms with Crippen LogP contribution in [-0.2, 0) is 18.3 Å². The van der Waals surface area contributed by atoms with E-state index in [-0.39, 0.29) is 12.5 Å². The average molecular weight is 205 g/mol. The Morgan fingerprint density at radius 3 is 2.73 bits per heavy atom. The number of carbonyl (C=O) groups excluding carboxylic acids is 1. The molecule has 0 atom stereocenters. The Hall–Kier alpha value is -1.76. The van der Waals surface area contributed by atoms with E-state index in [1.54, 1.807) is 4.68 Å². The van der Waals surface area contributed by atoms with Crippen molar-refractivity contribution in [3.63, 3.8) is 0 Å². The second kappa shape index (κ2) is 4.65. The van der Waals surface area contributed by atoms with Crippen LogP contribution in [0.2, 0.25) is 0 Å². The van der Waals surface area contributed by atoms with E-state index in [0.29, 0.717) is 6.42 Å². The highest BCUT2D eigenvalue weighted by Crippen LogP contribution is 2.12. The van der Waals surface area contributed by atoms with Crippen molar-refractivity contribution in [2.24, 2.45) is 7.05 Å². The van der Waals surface area contributed by atoms with Crippen LogP contribution in [0.4, 0.5) is 0 Å². The van der Waals surface area contributed by atoms with Crippen LogP contribution in [0.1, 0.15) is 17.0 Å². The molecule has 1 rings (SSSR count). The number of terminal acetylenes is 1. The molecule has 80 valence electrons. The Labute approximate surface area is 89.7 Å². The molecule has 0 aliphatic carbocycles. The van der Waals surface area contributed by atoms with Gasteiger partial charge in [0.2, 0.25) is 5.91 Å². The van der Waals surface area contributed by atoms with E-state index in [4.69, 9.17) is 6.42 Å². The fourth-order valence-electron chi connectivity index (χ4n) is 1.45. The van der Waals surface area contributed by atoms with Gasteiger partial charge < -0.3 is 5.32 Å². The van der Waals surface area contributed by atoms with Crippen molar-refractivity contribution in [3.05, 3.63) is 17.0 Å². The number of nitrogens with one attached hydrogen (secondary N) is 1.